The molecule has 2 aromatic heterocycles. The number of allylic oxidation sites excluding steroid dienone is 2. The molecular formula is C62H66N10O10. The summed E-state index contributed by atoms with van der Waals surface area (Å²) in [6.07, 6.45) is 16.3. The fourth-order valence-corrected chi connectivity index (χ4v) is 9.06. The molecule has 0 radical (unpaired) electrons. The second kappa shape index (κ2) is 31.2. The van der Waals surface area contributed by atoms with Crippen molar-refractivity contribution in [2.24, 2.45) is 0 Å². The van der Waals surface area contributed by atoms with Gasteiger partial charge in [-0.05, 0) is 99.2 Å². The first-order valence-electron chi connectivity index (χ1n) is 27.4. The number of esters is 2. The first kappa shape index (κ1) is 59.9. The highest BCUT2D eigenvalue weighted by Crippen LogP contribution is 2.46. The first-order chi connectivity index (χ1) is 40.0. The Kier molecular flexibility index (Phi) is 22.8. The van der Waals surface area contributed by atoms with Crippen LogP contribution in [-0.4, -0.2) is 104 Å². The Labute approximate surface area is 475 Å². The molecule has 2 heterocycles. The minimum absolute atomic E-state index is 0.115. The van der Waals surface area contributed by atoms with Gasteiger partial charge in [0.05, 0.1) is 48.8 Å². The van der Waals surface area contributed by atoms with Crippen molar-refractivity contribution in [2.75, 3.05) is 36.9 Å². The van der Waals surface area contributed by atoms with Crippen LogP contribution < -0.4 is 21.3 Å². The van der Waals surface area contributed by atoms with Crippen molar-refractivity contribution in [1.82, 2.24) is 40.6 Å². The SMILES string of the molecule is CCOC(=O)C(/C=C/c1ccc(NC(=O)CNC(=O)CCCCCCn2nnc3c2-c2ccccc2-c2c(nnn2CCCCCCC(=O)NCC(=O)Nc2ccc(/C=C/C(=C\C=O)C(=O)OCC)cc2)-c2ccccc2-3)cc1)=C/C=O. The lowest BCUT2D eigenvalue weighted by Crippen LogP contribution is -2.32. The number of unbranched alkanes of at least 4 members (excludes halogenated alkanes) is 6. The van der Waals surface area contributed by atoms with Crippen LogP contribution in [0.3, 0.4) is 0 Å². The number of benzene rings is 4. The molecule has 0 fully saturated rings. The number of rotatable bonds is 30. The van der Waals surface area contributed by atoms with Crippen LogP contribution in [-0.2, 0) is 60.9 Å². The number of amides is 4. The Morgan fingerprint density at radius 2 is 0.854 bits per heavy atom. The maximum absolute atomic E-state index is 12.7. The van der Waals surface area contributed by atoms with Crippen molar-refractivity contribution < 1.29 is 47.8 Å². The summed E-state index contributed by atoms with van der Waals surface area (Å²) >= 11 is 0. The van der Waals surface area contributed by atoms with Gasteiger partial charge < -0.3 is 30.7 Å². The fraction of sp³-hybridized carbons (Fsp3) is 0.290. The van der Waals surface area contributed by atoms with Crippen molar-refractivity contribution >= 4 is 71.7 Å². The number of carbonyl (C=O) groups is 8. The number of aromatic nitrogens is 6. The molecule has 0 spiro atoms. The molecule has 4 N–H and O–H groups in total. The van der Waals surface area contributed by atoms with Gasteiger partial charge in [-0.25, -0.2) is 19.0 Å². The molecule has 82 heavy (non-hydrogen) atoms. The number of hydrogen-bond donors (Lipinski definition) is 4. The fourth-order valence-electron chi connectivity index (χ4n) is 9.06. The monoisotopic (exact) mass is 1110 g/mol. The van der Waals surface area contributed by atoms with Crippen molar-refractivity contribution in [3.8, 4) is 45.0 Å². The van der Waals surface area contributed by atoms with Gasteiger partial charge in [-0.15, -0.1) is 10.2 Å². The number of nitrogens with one attached hydrogen (secondary N) is 4. The molecule has 424 valence electrons. The molecule has 0 aliphatic heterocycles. The van der Waals surface area contributed by atoms with Gasteiger partial charge in [-0.1, -0.05) is 121 Å². The zero-order valence-corrected chi connectivity index (χ0v) is 45.9. The zero-order valence-electron chi connectivity index (χ0n) is 45.9. The van der Waals surface area contributed by atoms with Crippen molar-refractivity contribution in [3.05, 3.63) is 144 Å². The summed E-state index contributed by atoms with van der Waals surface area (Å²) in [7, 11) is 0. The highest BCUT2D eigenvalue weighted by atomic mass is 16.5. The summed E-state index contributed by atoms with van der Waals surface area (Å²) < 4.78 is 13.8. The van der Waals surface area contributed by atoms with Crippen LogP contribution in [0.4, 0.5) is 11.4 Å². The number of nitrogens with zero attached hydrogens (tertiary/aromatic N) is 6. The summed E-state index contributed by atoms with van der Waals surface area (Å²) in [6.45, 7) is 4.57. The molecular weight excluding hydrogens is 1040 g/mol. The molecule has 6 aromatic rings. The van der Waals surface area contributed by atoms with E-state index in [0.29, 0.717) is 49.9 Å². The average molecular weight is 1110 g/mol. The summed E-state index contributed by atoms with van der Waals surface area (Å²) in [6, 6.07) is 29.9. The summed E-state index contributed by atoms with van der Waals surface area (Å²) in [4.78, 5) is 96.6. The van der Waals surface area contributed by atoms with E-state index in [1.807, 2.05) is 45.8 Å². The molecule has 4 amide bonds. The van der Waals surface area contributed by atoms with Crippen molar-refractivity contribution in [2.45, 2.75) is 91.1 Å². The molecule has 7 rings (SSSR count). The van der Waals surface area contributed by atoms with Gasteiger partial charge in [-0.2, -0.15) is 0 Å². The Morgan fingerprint density at radius 1 is 0.476 bits per heavy atom. The minimum Gasteiger partial charge on any atom is -0.462 e. The third-order valence-electron chi connectivity index (χ3n) is 13.1. The lowest BCUT2D eigenvalue weighted by atomic mass is 9.89. The molecule has 0 unspecified atom stereocenters. The topological polar surface area (TPSA) is 265 Å². The highest BCUT2D eigenvalue weighted by Gasteiger charge is 2.30. The number of aldehydes is 2. The molecule has 0 saturated carbocycles. The van der Waals surface area contributed by atoms with Crippen molar-refractivity contribution in [3.63, 3.8) is 0 Å². The maximum atomic E-state index is 12.7. The van der Waals surface area contributed by atoms with Gasteiger partial charge in [0, 0.05) is 59.6 Å². The molecule has 20 nitrogen and oxygen atoms in total. The van der Waals surface area contributed by atoms with Gasteiger partial charge in [-0.3, -0.25) is 28.8 Å². The second-order valence-electron chi connectivity index (χ2n) is 19.0. The molecule has 1 aliphatic carbocycles. The van der Waals surface area contributed by atoms with E-state index in [-0.39, 0.29) is 73.9 Å². The Balaban J connectivity index is 0.841. The summed E-state index contributed by atoms with van der Waals surface area (Å²) in [5.41, 5.74) is 9.78. The molecule has 0 saturated heterocycles. The zero-order chi connectivity index (χ0) is 58.1. The van der Waals surface area contributed by atoms with E-state index in [0.717, 1.165) is 107 Å². The van der Waals surface area contributed by atoms with Gasteiger partial charge >= 0.3 is 11.9 Å². The second-order valence-corrected chi connectivity index (χ2v) is 19.0. The van der Waals surface area contributed by atoms with Gasteiger partial charge in [0.1, 0.15) is 24.0 Å². The lowest BCUT2D eigenvalue weighted by molar-refractivity contribution is -0.139. The Bertz CT molecular complexity index is 3130. The average Bonchev–Trinajstić information content (AvgIpc) is 3.14. The molecule has 0 bridgehead atoms. The van der Waals surface area contributed by atoms with E-state index in [9.17, 15) is 38.4 Å². The number of hydrogen-bond acceptors (Lipinski definition) is 14. The quantitative estimate of drug-likeness (QED) is 0.0108. The van der Waals surface area contributed by atoms with Crippen LogP contribution in [0.15, 0.2) is 133 Å². The largest absolute Gasteiger partial charge is 0.462 e. The molecule has 1 aliphatic rings. The predicted octanol–water partition coefficient (Wildman–Crippen LogP) is 8.67. The normalized spacial score (nSPS) is 11.8. The van der Waals surface area contributed by atoms with Crippen LogP contribution in [0.25, 0.3) is 57.2 Å². The van der Waals surface area contributed by atoms with E-state index in [1.54, 1.807) is 74.5 Å². The Morgan fingerprint density at radius 3 is 1.23 bits per heavy atom. The minimum atomic E-state index is -0.603. The number of carbonyl (C=O) groups excluding carboxylic acids is 8. The molecule has 0 atom stereocenters. The third kappa shape index (κ3) is 17.1. The summed E-state index contributed by atoms with van der Waals surface area (Å²) in [5, 5.41) is 29.7. The van der Waals surface area contributed by atoms with E-state index >= 15 is 0 Å². The van der Waals surface area contributed by atoms with E-state index < -0.39 is 11.9 Å². The number of fused-ring (bicyclic) bond motifs is 8. The summed E-state index contributed by atoms with van der Waals surface area (Å²) in [5.74, 6) is -2.38. The number of anilines is 2. The first-order valence-corrected chi connectivity index (χ1v) is 27.4. The smallest absolute Gasteiger partial charge is 0.338 e. The number of aryl methyl sites for hydroxylation is 2. The van der Waals surface area contributed by atoms with Crippen LogP contribution in [0.2, 0.25) is 0 Å². The standard InChI is InChI=1S/C62H66N10O10/c1-3-81-61(79)45(35-39-73)29-23-43-25-31-47(32-26-43)65-55(77)41-63-53(75)21-9-5-7-15-37-71-59-51-19-13-14-20-52(51)60-58(50-18-12-11-17-49(50)57(59)67-69-71)68-70-72(60)38-16-8-6-10-22-54(76)64-42-56(78)66-48-33-27-44(28-34-48)24-30-46(36-40-74)62(80)82-4-2/h11-14,17-20,23-36,39-40H,3-10,15-16,21-22,37-38,41-42H2,1-2H3,(H,63,75)(H,64,76)(H,65,77)(H,66,78)/b29-23+,30-24+,45-35+,46-36+,57-49?,58-50?,59-51?,60-52?. The Hall–Kier alpha value is -9.72. The van der Waals surface area contributed by atoms with Crippen molar-refractivity contribution in [1.29, 1.82) is 0 Å². The van der Waals surface area contributed by atoms with Crippen LogP contribution in [0.5, 0.6) is 0 Å². The van der Waals surface area contributed by atoms with Gasteiger partial charge in [0.25, 0.3) is 0 Å². The van der Waals surface area contributed by atoms with E-state index in [1.165, 1.54) is 12.2 Å². The number of ether oxygens (including phenoxy) is 2. The van der Waals surface area contributed by atoms with Crippen LogP contribution in [0.1, 0.15) is 89.2 Å². The van der Waals surface area contributed by atoms with E-state index in [2.05, 4.69) is 43.8 Å². The maximum Gasteiger partial charge on any atom is 0.338 e. The highest BCUT2D eigenvalue weighted by molar-refractivity contribution is 6.00. The molecule has 20 heteroatoms. The predicted molar refractivity (Wildman–Crippen MR) is 311 cm³/mol. The van der Waals surface area contributed by atoms with E-state index in [4.69, 9.17) is 19.7 Å². The van der Waals surface area contributed by atoms with Gasteiger partial charge in [0.15, 0.2) is 0 Å². The van der Waals surface area contributed by atoms with Crippen LogP contribution in [0, 0.1) is 0 Å². The third-order valence-corrected chi connectivity index (χ3v) is 13.1. The van der Waals surface area contributed by atoms with Gasteiger partial charge in [0.2, 0.25) is 23.6 Å². The molecule has 4 aromatic carbocycles. The lowest BCUT2D eigenvalue weighted by Gasteiger charge is -2.19. The van der Waals surface area contributed by atoms with Crippen LogP contribution >= 0.6 is 0 Å².